The highest BCUT2D eigenvalue weighted by molar-refractivity contribution is 6.36. The number of halogens is 2. The molecule has 0 bridgehead atoms. The molecule has 2 aromatic carbocycles. The first-order valence-electron chi connectivity index (χ1n) is 11.9. The third kappa shape index (κ3) is 3.92. The van der Waals surface area contributed by atoms with Crippen LogP contribution in [-0.2, 0) is 14.4 Å². The van der Waals surface area contributed by atoms with E-state index in [2.05, 4.69) is 6.07 Å². The van der Waals surface area contributed by atoms with Crippen LogP contribution in [0, 0.1) is 11.3 Å². The van der Waals surface area contributed by atoms with Crippen molar-refractivity contribution >= 4 is 52.7 Å². The van der Waals surface area contributed by atoms with Crippen LogP contribution < -0.4 is 4.90 Å². The number of carboxylic acids is 1. The van der Waals surface area contributed by atoms with Gasteiger partial charge in [-0.3, -0.25) is 9.59 Å². The summed E-state index contributed by atoms with van der Waals surface area (Å²) < 4.78 is 0. The summed E-state index contributed by atoms with van der Waals surface area (Å²) in [5, 5.41) is 19.3. The van der Waals surface area contributed by atoms with Crippen LogP contribution in [0.5, 0.6) is 0 Å². The topological polar surface area (TPSA) is 122 Å². The Morgan fingerprint density at radius 2 is 1.68 bits per heavy atom. The molecule has 2 saturated heterocycles. The molecule has 4 amide bonds. The van der Waals surface area contributed by atoms with Crippen LogP contribution in [-0.4, -0.2) is 64.4 Å². The van der Waals surface area contributed by atoms with Gasteiger partial charge in [0.1, 0.15) is 5.54 Å². The van der Waals surface area contributed by atoms with Crippen LogP contribution in [0.25, 0.3) is 0 Å². The molecule has 2 unspecified atom stereocenters. The number of hydrogen-bond acceptors (Lipinski definition) is 5. The number of carboxylic acid groups (broad SMARTS) is 1. The van der Waals surface area contributed by atoms with Gasteiger partial charge in [0, 0.05) is 40.7 Å². The Bertz CT molecular complexity index is 1440. The third-order valence-corrected chi connectivity index (χ3v) is 8.07. The lowest BCUT2D eigenvalue weighted by Gasteiger charge is -2.33. The van der Waals surface area contributed by atoms with E-state index < -0.39 is 35.3 Å². The van der Waals surface area contributed by atoms with Crippen molar-refractivity contribution in [2.75, 3.05) is 25.0 Å². The maximum atomic E-state index is 14.2. The number of anilines is 1. The summed E-state index contributed by atoms with van der Waals surface area (Å²) in [7, 11) is 1.51. The SMILES string of the molecule is CN1C(=O)N(c2cc(Cl)cc(Cl)c2)C(=O)C12CN(C(=O)C1=C(C(=O)O)CCC1)CC2c1ccc(C#N)cc1. The number of benzene rings is 2. The number of hydrogen-bond donors (Lipinski definition) is 1. The number of aliphatic carboxylic acids is 1. The van der Waals surface area contributed by atoms with Crippen LogP contribution in [0.3, 0.4) is 0 Å². The van der Waals surface area contributed by atoms with Crippen molar-refractivity contribution in [3.63, 3.8) is 0 Å². The fraction of sp³-hybridized carbons (Fsp3) is 0.296. The zero-order chi connectivity index (χ0) is 27.4. The van der Waals surface area contributed by atoms with E-state index in [0.717, 1.165) is 4.90 Å². The van der Waals surface area contributed by atoms with Crippen molar-refractivity contribution in [3.05, 3.63) is 74.8 Å². The standard InChI is InChI=1S/C27H22Cl2N4O5/c1-31-26(38)33(19-10-17(28)9-18(29)11-19)25(37)27(31)14-32(23(34)20-3-2-4-21(20)24(35)36)13-22(27)16-7-5-15(12-30)6-8-16/h5-11,22H,2-4,13-14H2,1H3,(H,35,36). The molecule has 38 heavy (non-hydrogen) atoms. The number of urea groups is 1. The zero-order valence-corrected chi connectivity index (χ0v) is 21.8. The van der Waals surface area contributed by atoms with E-state index in [1.807, 2.05) is 0 Å². The Morgan fingerprint density at radius 1 is 1.05 bits per heavy atom. The van der Waals surface area contributed by atoms with Gasteiger partial charge < -0.3 is 14.9 Å². The minimum Gasteiger partial charge on any atom is -0.478 e. The summed E-state index contributed by atoms with van der Waals surface area (Å²) >= 11 is 12.3. The summed E-state index contributed by atoms with van der Waals surface area (Å²) in [6, 6.07) is 12.5. The van der Waals surface area contributed by atoms with Gasteiger partial charge in [-0.05, 0) is 55.2 Å². The lowest BCUT2D eigenvalue weighted by atomic mass is 9.80. The van der Waals surface area contributed by atoms with Gasteiger partial charge in [-0.1, -0.05) is 35.3 Å². The van der Waals surface area contributed by atoms with E-state index in [4.69, 9.17) is 23.2 Å². The molecule has 0 radical (unpaired) electrons. The van der Waals surface area contributed by atoms with Crippen LogP contribution in [0.15, 0.2) is 53.6 Å². The molecule has 11 heteroatoms. The zero-order valence-electron chi connectivity index (χ0n) is 20.3. The summed E-state index contributed by atoms with van der Waals surface area (Å²) in [5.41, 5.74) is 0.133. The van der Waals surface area contributed by atoms with Gasteiger partial charge in [0.15, 0.2) is 0 Å². The van der Waals surface area contributed by atoms with Crippen molar-refractivity contribution in [2.24, 2.45) is 0 Å². The molecule has 1 aliphatic carbocycles. The van der Waals surface area contributed by atoms with Crippen molar-refractivity contribution in [2.45, 2.75) is 30.7 Å². The average molecular weight is 553 g/mol. The number of likely N-dealkylation sites (N-methyl/N-ethyl adjacent to an activating group) is 1. The number of rotatable bonds is 4. The lowest BCUT2D eigenvalue weighted by molar-refractivity contribution is -0.134. The molecule has 2 fully saturated rings. The highest BCUT2D eigenvalue weighted by atomic mass is 35.5. The second-order valence-electron chi connectivity index (χ2n) is 9.62. The molecule has 2 heterocycles. The second-order valence-corrected chi connectivity index (χ2v) is 10.5. The lowest BCUT2D eigenvalue weighted by Crippen LogP contribution is -2.54. The number of carbonyl (C=O) groups is 4. The van der Waals surface area contributed by atoms with Gasteiger partial charge in [0.2, 0.25) is 5.91 Å². The smallest absolute Gasteiger partial charge is 0.332 e. The number of imide groups is 1. The summed E-state index contributed by atoms with van der Waals surface area (Å²) in [6.45, 7) is -0.0482. The molecule has 2 aromatic rings. The van der Waals surface area contributed by atoms with Gasteiger partial charge in [-0.15, -0.1) is 0 Å². The van der Waals surface area contributed by atoms with E-state index in [1.54, 1.807) is 24.3 Å². The molecule has 1 spiro atoms. The number of nitrogens with zero attached hydrogens (tertiary/aromatic N) is 4. The first-order valence-corrected chi connectivity index (χ1v) is 12.7. The highest BCUT2D eigenvalue weighted by Crippen LogP contribution is 2.47. The fourth-order valence-corrected chi connectivity index (χ4v) is 6.28. The van der Waals surface area contributed by atoms with Gasteiger partial charge >= 0.3 is 12.0 Å². The van der Waals surface area contributed by atoms with Crippen molar-refractivity contribution < 1.29 is 24.3 Å². The predicted octanol–water partition coefficient (Wildman–Crippen LogP) is 4.19. The van der Waals surface area contributed by atoms with Gasteiger partial charge in [-0.25, -0.2) is 14.5 Å². The predicted molar refractivity (Wildman–Crippen MR) is 139 cm³/mol. The third-order valence-electron chi connectivity index (χ3n) is 7.63. The van der Waals surface area contributed by atoms with Gasteiger partial charge in [0.25, 0.3) is 5.91 Å². The Morgan fingerprint density at radius 3 is 2.29 bits per heavy atom. The van der Waals surface area contributed by atoms with Crippen molar-refractivity contribution in [3.8, 4) is 6.07 Å². The second kappa shape index (κ2) is 9.46. The first kappa shape index (κ1) is 25.8. The van der Waals surface area contributed by atoms with E-state index >= 15 is 0 Å². The fourth-order valence-electron chi connectivity index (χ4n) is 5.77. The molecule has 1 N–H and O–H groups in total. The van der Waals surface area contributed by atoms with E-state index in [-0.39, 0.29) is 40.0 Å². The summed E-state index contributed by atoms with van der Waals surface area (Å²) in [6.07, 6.45) is 1.19. The molecule has 0 saturated carbocycles. The molecule has 9 nitrogen and oxygen atoms in total. The molecule has 3 aliphatic rings. The molecule has 2 aliphatic heterocycles. The first-order chi connectivity index (χ1) is 18.1. The van der Waals surface area contributed by atoms with Crippen LogP contribution in [0.4, 0.5) is 10.5 Å². The highest BCUT2D eigenvalue weighted by Gasteiger charge is 2.65. The normalized spacial score (nSPS) is 23.1. The van der Waals surface area contributed by atoms with Crippen molar-refractivity contribution in [1.29, 1.82) is 5.26 Å². The average Bonchev–Trinajstić information content (AvgIpc) is 3.57. The van der Waals surface area contributed by atoms with E-state index in [9.17, 15) is 29.5 Å². The molecular formula is C27H22Cl2N4O5. The van der Waals surface area contributed by atoms with Crippen LogP contribution >= 0.6 is 23.2 Å². The van der Waals surface area contributed by atoms with Crippen LogP contribution in [0.2, 0.25) is 10.0 Å². The minimum atomic E-state index is -1.47. The molecule has 2 atom stereocenters. The monoisotopic (exact) mass is 552 g/mol. The Balaban J connectivity index is 1.61. The van der Waals surface area contributed by atoms with Gasteiger partial charge in [-0.2, -0.15) is 5.26 Å². The summed E-state index contributed by atoms with van der Waals surface area (Å²) in [4.78, 5) is 56.9. The minimum absolute atomic E-state index is 0.0780. The summed E-state index contributed by atoms with van der Waals surface area (Å²) in [5.74, 6) is -2.77. The maximum absolute atomic E-state index is 14.2. The van der Waals surface area contributed by atoms with E-state index in [0.29, 0.717) is 30.4 Å². The molecule has 194 valence electrons. The number of amides is 4. The molecular weight excluding hydrogens is 531 g/mol. The van der Waals surface area contributed by atoms with E-state index in [1.165, 1.54) is 35.0 Å². The molecule has 0 aromatic heterocycles. The van der Waals surface area contributed by atoms with Crippen LogP contribution in [0.1, 0.15) is 36.3 Å². The number of nitriles is 1. The Hall–Kier alpha value is -3.87. The number of carbonyl (C=O) groups excluding carboxylic acids is 3. The largest absolute Gasteiger partial charge is 0.478 e. The molecule has 5 rings (SSSR count). The maximum Gasteiger partial charge on any atom is 0.332 e. The Labute approximate surface area is 228 Å². The van der Waals surface area contributed by atoms with Gasteiger partial charge in [0.05, 0.1) is 23.9 Å². The quantitative estimate of drug-likeness (QED) is 0.567. The number of likely N-dealkylation sites (tertiary alicyclic amines) is 1. The Kier molecular flexibility index (Phi) is 6.41. The van der Waals surface area contributed by atoms with Crippen molar-refractivity contribution in [1.82, 2.24) is 9.80 Å².